The monoisotopic (exact) mass is 427 g/mol. The number of nitrogens with one attached hydrogen (secondary N) is 1. The lowest BCUT2D eigenvalue weighted by atomic mass is 10.0. The van der Waals surface area contributed by atoms with E-state index in [1.807, 2.05) is 30.3 Å². The molecule has 0 radical (unpaired) electrons. The summed E-state index contributed by atoms with van der Waals surface area (Å²) in [5, 5.41) is 23.3. The standard InChI is InChI=1S/C18H19BrClNO4/c19-14-10-13(6-7-15(14)20)17(23)16(22)8-9-21-18(24)25-11-12-4-2-1-3-5-12/h1-7,10,16-17,22-23H,8-9,11H2,(H,21,24). The molecule has 2 rings (SSSR count). The number of halogens is 2. The Bertz CT molecular complexity index is 699. The molecule has 1 amide bonds. The molecule has 0 spiro atoms. The van der Waals surface area contributed by atoms with Crippen molar-refractivity contribution in [3.05, 3.63) is 69.2 Å². The number of carbonyl (C=O) groups is 1. The molecule has 5 nitrogen and oxygen atoms in total. The van der Waals surface area contributed by atoms with Crippen LogP contribution in [-0.4, -0.2) is 29.0 Å². The summed E-state index contributed by atoms with van der Waals surface area (Å²) in [6.45, 7) is 0.358. The van der Waals surface area contributed by atoms with Crippen molar-refractivity contribution in [2.75, 3.05) is 6.54 Å². The first-order valence-electron chi connectivity index (χ1n) is 7.73. The third kappa shape index (κ3) is 6.32. The minimum atomic E-state index is -1.07. The Kier molecular flexibility index (Phi) is 7.71. The predicted molar refractivity (Wildman–Crippen MR) is 99.4 cm³/mol. The van der Waals surface area contributed by atoms with Crippen LogP contribution < -0.4 is 5.32 Å². The lowest BCUT2D eigenvalue weighted by molar-refractivity contribution is 0.0136. The first-order valence-corrected chi connectivity index (χ1v) is 8.90. The number of alkyl carbamates (subject to hydrolysis) is 1. The average Bonchev–Trinajstić information content (AvgIpc) is 2.62. The molecule has 2 aromatic carbocycles. The topological polar surface area (TPSA) is 78.8 Å². The minimum absolute atomic E-state index is 0.177. The number of rotatable bonds is 7. The molecule has 0 aliphatic heterocycles. The van der Waals surface area contributed by atoms with Gasteiger partial charge in [0.2, 0.25) is 0 Å². The van der Waals surface area contributed by atoms with Crippen LogP contribution in [0.2, 0.25) is 5.02 Å². The normalized spacial score (nSPS) is 13.1. The summed E-state index contributed by atoms with van der Waals surface area (Å²) < 4.78 is 5.71. The summed E-state index contributed by atoms with van der Waals surface area (Å²) in [4.78, 5) is 11.6. The Hall–Kier alpha value is -1.60. The van der Waals surface area contributed by atoms with Crippen LogP contribution in [0.25, 0.3) is 0 Å². The number of carbonyl (C=O) groups excluding carboxylic acids is 1. The number of amides is 1. The van der Waals surface area contributed by atoms with Crippen molar-refractivity contribution in [3.63, 3.8) is 0 Å². The van der Waals surface area contributed by atoms with Gasteiger partial charge in [-0.15, -0.1) is 0 Å². The molecule has 0 bridgehead atoms. The van der Waals surface area contributed by atoms with Crippen molar-refractivity contribution < 1.29 is 19.7 Å². The molecule has 3 N–H and O–H groups in total. The highest BCUT2D eigenvalue weighted by Gasteiger charge is 2.19. The zero-order chi connectivity index (χ0) is 18.2. The molecule has 2 atom stereocenters. The summed E-state index contributed by atoms with van der Waals surface area (Å²) in [5.41, 5.74) is 1.43. The van der Waals surface area contributed by atoms with E-state index in [1.54, 1.807) is 18.2 Å². The van der Waals surface area contributed by atoms with Gasteiger partial charge in [0.15, 0.2) is 0 Å². The van der Waals surface area contributed by atoms with Gasteiger partial charge in [0.1, 0.15) is 12.7 Å². The molecule has 2 unspecified atom stereocenters. The Labute approximate surface area is 159 Å². The zero-order valence-corrected chi connectivity index (χ0v) is 15.7. The summed E-state index contributed by atoms with van der Waals surface area (Å²) in [7, 11) is 0. The van der Waals surface area contributed by atoms with Crippen molar-refractivity contribution in [3.8, 4) is 0 Å². The summed E-state index contributed by atoms with van der Waals surface area (Å²) >= 11 is 9.18. The van der Waals surface area contributed by atoms with E-state index in [2.05, 4.69) is 21.2 Å². The van der Waals surface area contributed by atoms with Gasteiger partial charge in [-0.3, -0.25) is 0 Å². The molecule has 2 aromatic rings. The van der Waals surface area contributed by atoms with Crippen molar-refractivity contribution >= 4 is 33.6 Å². The van der Waals surface area contributed by atoms with Crippen molar-refractivity contribution in [1.29, 1.82) is 0 Å². The maximum Gasteiger partial charge on any atom is 0.407 e. The highest BCUT2D eigenvalue weighted by molar-refractivity contribution is 9.10. The number of aliphatic hydroxyl groups excluding tert-OH is 2. The van der Waals surface area contributed by atoms with Gasteiger partial charge >= 0.3 is 6.09 Å². The number of hydrogen-bond acceptors (Lipinski definition) is 4. The van der Waals surface area contributed by atoms with E-state index < -0.39 is 18.3 Å². The second kappa shape index (κ2) is 9.77. The number of hydrogen-bond donors (Lipinski definition) is 3. The molecule has 0 fully saturated rings. The molecule has 0 saturated heterocycles. The fraction of sp³-hybridized carbons (Fsp3) is 0.278. The molecule has 0 aliphatic carbocycles. The van der Waals surface area contributed by atoms with E-state index in [0.29, 0.717) is 15.1 Å². The van der Waals surface area contributed by atoms with Gasteiger partial charge in [0.05, 0.1) is 11.1 Å². The Balaban J connectivity index is 1.72. The maximum atomic E-state index is 11.6. The number of ether oxygens (including phenoxy) is 1. The third-order valence-electron chi connectivity index (χ3n) is 3.57. The van der Waals surface area contributed by atoms with Gasteiger partial charge in [-0.2, -0.15) is 0 Å². The minimum Gasteiger partial charge on any atom is -0.445 e. The van der Waals surface area contributed by atoms with Crippen LogP contribution in [-0.2, 0) is 11.3 Å². The fourth-order valence-corrected chi connectivity index (χ4v) is 2.69. The van der Waals surface area contributed by atoms with E-state index in [-0.39, 0.29) is 19.6 Å². The van der Waals surface area contributed by atoms with Gasteiger partial charge in [0.25, 0.3) is 0 Å². The predicted octanol–water partition coefficient (Wildman–Crippen LogP) is 3.81. The third-order valence-corrected chi connectivity index (χ3v) is 4.79. The summed E-state index contributed by atoms with van der Waals surface area (Å²) in [5.74, 6) is 0. The summed E-state index contributed by atoms with van der Waals surface area (Å²) in [6.07, 6.45) is -2.49. The molecule has 134 valence electrons. The fourth-order valence-electron chi connectivity index (χ4n) is 2.17. The maximum absolute atomic E-state index is 11.6. The molecule has 0 aliphatic rings. The van der Waals surface area contributed by atoms with E-state index in [0.717, 1.165) is 5.56 Å². The molecule has 0 saturated carbocycles. The second-order valence-corrected chi connectivity index (χ2v) is 6.72. The molecule has 0 heterocycles. The molecular weight excluding hydrogens is 410 g/mol. The lowest BCUT2D eigenvalue weighted by Gasteiger charge is -2.19. The van der Waals surface area contributed by atoms with E-state index in [9.17, 15) is 15.0 Å². The molecule has 7 heteroatoms. The average molecular weight is 429 g/mol. The van der Waals surface area contributed by atoms with Crippen LogP contribution in [0.1, 0.15) is 23.7 Å². The SMILES string of the molecule is O=C(NCCC(O)C(O)c1ccc(Cl)c(Br)c1)OCc1ccccc1. The van der Waals surface area contributed by atoms with Gasteiger partial charge in [-0.25, -0.2) is 4.79 Å². The number of benzene rings is 2. The van der Waals surface area contributed by atoms with Crippen LogP contribution in [0.15, 0.2) is 53.0 Å². The first kappa shape index (κ1) is 19.7. The smallest absolute Gasteiger partial charge is 0.407 e. The summed E-state index contributed by atoms with van der Waals surface area (Å²) in [6, 6.07) is 14.3. The van der Waals surface area contributed by atoms with Crippen LogP contribution in [0.4, 0.5) is 4.79 Å². The van der Waals surface area contributed by atoms with Gasteiger partial charge in [-0.05, 0) is 45.6 Å². The van der Waals surface area contributed by atoms with Crippen molar-refractivity contribution in [2.45, 2.75) is 25.2 Å². The Morgan fingerprint density at radius 3 is 2.60 bits per heavy atom. The van der Waals surface area contributed by atoms with Crippen LogP contribution >= 0.6 is 27.5 Å². The van der Waals surface area contributed by atoms with E-state index >= 15 is 0 Å². The van der Waals surface area contributed by atoms with Gasteiger partial charge in [-0.1, -0.05) is 48.0 Å². The largest absolute Gasteiger partial charge is 0.445 e. The molecule has 0 aromatic heterocycles. The molecular formula is C18H19BrClNO4. The van der Waals surface area contributed by atoms with Crippen molar-refractivity contribution in [2.24, 2.45) is 0 Å². The van der Waals surface area contributed by atoms with E-state index in [1.165, 1.54) is 0 Å². The highest BCUT2D eigenvalue weighted by Crippen LogP contribution is 2.27. The Morgan fingerprint density at radius 2 is 1.92 bits per heavy atom. The quantitative estimate of drug-likeness (QED) is 0.626. The van der Waals surface area contributed by atoms with Gasteiger partial charge < -0.3 is 20.3 Å². The van der Waals surface area contributed by atoms with Crippen LogP contribution in [0.3, 0.4) is 0 Å². The molecule has 25 heavy (non-hydrogen) atoms. The number of aliphatic hydroxyl groups is 2. The lowest BCUT2D eigenvalue weighted by Crippen LogP contribution is -2.29. The highest BCUT2D eigenvalue weighted by atomic mass is 79.9. The Morgan fingerprint density at radius 1 is 1.20 bits per heavy atom. The second-order valence-electron chi connectivity index (χ2n) is 5.46. The first-order chi connectivity index (χ1) is 12.0. The van der Waals surface area contributed by atoms with Crippen LogP contribution in [0.5, 0.6) is 0 Å². The van der Waals surface area contributed by atoms with Gasteiger partial charge in [0, 0.05) is 11.0 Å². The van der Waals surface area contributed by atoms with E-state index in [4.69, 9.17) is 16.3 Å². The van der Waals surface area contributed by atoms with Crippen molar-refractivity contribution in [1.82, 2.24) is 5.32 Å². The zero-order valence-electron chi connectivity index (χ0n) is 13.4. The van der Waals surface area contributed by atoms with Crippen LogP contribution in [0, 0.1) is 0 Å².